The number of amides is 2. The van der Waals surface area contributed by atoms with Crippen LogP contribution < -0.4 is 15.4 Å². The Morgan fingerprint density at radius 1 is 1.18 bits per heavy atom. The average molecular weight is 494 g/mol. The summed E-state index contributed by atoms with van der Waals surface area (Å²) in [5.41, 5.74) is 1.09. The summed E-state index contributed by atoms with van der Waals surface area (Å²) in [6.45, 7) is 1.96. The summed E-state index contributed by atoms with van der Waals surface area (Å²) >= 11 is 0. The number of sulfonamides is 1. The number of aryl methyl sites for hydroxylation is 1. The van der Waals surface area contributed by atoms with Crippen molar-refractivity contribution in [3.8, 4) is 5.75 Å². The molecule has 3 rings (SSSR count). The molecule has 0 unspecified atom stereocenters. The van der Waals surface area contributed by atoms with Gasteiger partial charge in [-0.15, -0.1) is 0 Å². The largest absolute Gasteiger partial charge is 0.496 e. The van der Waals surface area contributed by atoms with Gasteiger partial charge in [0.1, 0.15) is 17.8 Å². The fourth-order valence-electron chi connectivity index (χ4n) is 3.58. The summed E-state index contributed by atoms with van der Waals surface area (Å²) in [5, 5.41) is 4.96. The Kier molecular flexibility index (Phi) is 8.59. The van der Waals surface area contributed by atoms with Crippen molar-refractivity contribution >= 4 is 21.8 Å². The quantitative estimate of drug-likeness (QED) is 0.537. The zero-order valence-corrected chi connectivity index (χ0v) is 19.9. The Balaban J connectivity index is 1.56. The van der Waals surface area contributed by atoms with Gasteiger partial charge < -0.3 is 20.1 Å². The highest BCUT2D eigenvalue weighted by Gasteiger charge is 2.35. The van der Waals surface area contributed by atoms with Gasteiger partial charge in [0.2, 0.25) is 10.0 Å². The average Bonchev–Trinajstić information content (AvgIpc) is 2.84. The Morgan fingerprint density at radius 2 is 1.91 bits per heavy atom. The van der Waals surface area contributed by atoms with E-state index in [4.69, 9.17) is 9.47 Å². The number of ether oxygens (including phenoxy) is 2. The minimum Gasteiger partial charge on any atom is -0.496 e. The highest BCUT2D eigenvalue weighted by atomic mass is 32.2. The molecule has 184 valence electrons. The van der Waals surface area contributed by atoms with Gasteiger partial charge in [0.25, 0.3) is 0 Å². The van der Waals surface area contributed by atoms with E-state index in [0.717, 1.165) is 15.9 Å². The van der Waals surface area contributed by atoms with E-state index in [1.807, 2.05) is 18.2 Å². The fourth-order valence-corrected chi connectivity index (χ4v) is 5.23. The molecule has 1 heterocycles. The number of halogens is 1. The molecule has 1 atom stereocenters. The third-order valence-electron chi connectivity index (χ3n) is 5.41. The standard InChI is InChI=1S/C23H28FN3O6S/c1-16-14-18(8-9-19(16)24)34(30,31)27-12-5-13-33-21(27)15-26-23(29)22(28)25-11-10-17-6-3-4-7-20(17)32-2/h3-4,6-9,14,21H,5,10-13,15H2,1-2H3,(H,25,28)(H,26,29)/t21-/m0/s1. The van der Waals surface area contributed by atoms with Gasteiger partial charge >= 0.3 is 11.8 Å². The predicted molar refractivity (Wildman–Crippen MR) is 122 cm³/mol. The van der Waals surface area contributed by atoms with Crippen molar-refractivity contribution in [1.82, 2.24) is 14.9 Å². The molecule has 2 amide bonds. The number of nitrogens with zero attached hydrogens (tertiary/aromatic N) is 1. The second-order valence-corrected chi connectivity index (χ2v) is 9.62. The summed E-state index contributed by atoms with van der Waals surface area (Å²) in [6.07, 6.45) is -0.0556. The molecule has 0 aromatic heterocycles. The zero-order chi connectivity index (χ0) is 24.7. The number of rotatable bonds is 8. The summed E-state index contributed by atoms with van der Waals surface area (Å²) in [5.74, 6) is -1.55. The molecule has 0 spiro atoms. The van der Waals surface area contributed by atoms with E-state index >= 15 is 0 Å². The number of carbonyl (C=O) groups is 2. The first kappa shape index (κ1) is 25.6. The van der Waals surface area contributed by atoms with Crippen molar-refractivity contribution in [3.63, 3.8) is 0 Å². The van der Waals surface area contributed by atoms with Crippen molar-refractivity contribution in [2.75, 3.05) is 33.4 Å². The molecule has 1 aliphatic rings. The lowest BCUT2D eigenvalue weighted by molar-refractivity contribution is -0.140. The normalized spacial score (nSPS) is 16.6. The number of hydrogen-bond donors (Lipinski definition) is 2. The predicted octanol–water partition coefficient (Wildman–Crippen LogP) is 1.35. The van der Waals surface area contributed by atoms with Gasteiger partial charge in [-0.25, -0.2) is 12.8 Å². The van der Waals surface area contributed by atoms with E-state index in [0.29, 0.717) is 25.2 Å². The van der Waals surface area contributed by atoms with E-state index in [-0.39, 0.29) is 30.1 Å². The minimum absolute atomic E-state index is 0.0673. The summed E-state index contributed by atoms with van der Waals surface area (Å²) < 4.78 is 51.7. The van der Waals surface area contributed by atoms with E-state index in [2.05, 4.69) is 10.6 Å². The molecule has 1 saturated heterocycles. The molecule has 1 aliphatic heterocycles. The van der Waals surface area contributed by atoms with Crippen LogP contribution in [0.5, 0.6) is 5.75 Å². The van der Waals surface area contributed by atoms with Gasteiger partial charge in [0.15, 0.2) is 0 Å². The van der Waals surface area contributed by atoms with Gasteiger partial charge in [-0.2, -0.15) is 4.31 Å². The van der Waals surface area contributed by atoms with Crippen LogP contribution in [0.4, 0.5) is 4.39 Å². The zero-order valence-electron chi connectivity index (χ0n) is 19.0. The molecule has 34 heavy (non-hydrogen) atoms. The van der Waals surface area contributed by atoms with Gasteiger partial charge in [-0.1, -0.05) is 18.2 Å². The molecule has 11 heteroatoms. The first-order valence-corrected chi connectivity index (χ1v) is 12.3. The van der Waals surface area contributed by atoms with Crippen LogP contribution in [0, 0.1) is 12.7 Å². The summed E-state index contributed by atoms with van der Waals surface area (Å²) in [7, 11) is -2.44. The minimum atomic E-state index is -3.99. The van der Waals surface area contributed by atoms with Crippen molar-refractivity contribution < 1.29 is 31.9 Å². The number of methoxy groups -OCH3 is 1. The van der Waals surface area contributed by atoms with Gasteiger partial charge in [0.05, 0.1) is 25.2 Å². The van der Waals surface area contributed by atoms with Crippen molar-refractivity contribution in [2.45, 2.75) is 30.9 Å². The maximum absolute atomic E-state index is 13.6. The highest BCUT2D eigenvalue weighted by Crippen LogP contribution is 2.23. The molecule has 0 radical (unpaired) electrons. The molecule has 2 aromatic carbocycles. The topological polar surface area (TPSA) is 114 Å². The molecule has 2 N–H and O–H groups in total. The molecule has 0 saturated carbocycles. The molecular formula is C23H28FN3O6S. The second kappa shape index (κ2) is 11.4. The Hall–Kier alpha value is -3.02. The maximum atomic E-state index is 13.6. The summed E-state index contributed by atoms with van der Waals surface area (Å²) in [6, 6.07) is 10.9. The van der Waals surface area contributed by atoms with Crippen LogP contribution in [0.2, 0.25) is 0 Å². The van der Waals surface area contributed by atoms with Crippen LogP contribution >= 0.6 is 0 Å². The first-order valence-electron chi connectivity index (χ1n) is 10.8. The lowest BCUT2D eigenvalue weighted by Crippen LogP contribution is -2.53. The lowest BCUT2D eigenvalue weighted by atomic mass is 10.1. The maximum Gasteiger partial charge on any atom is 0.309 e. The van der Waals surface area contributed by atoms with Crippen LogP contribution in [0.25, 0.3) is 0 Å². The van der Waals surface area contributed by atoms with Gasteiger partial charge in [0, 0.05) is 13.1 Å². The third-order valence-corrected chi connectivity index (χ3v) is 7.29. The number of nitrogens with one attached hydrogen (secondary N) is 2. The molecule has 1 fully saturated rings. The second-order valence-electron chi connectivity index (χ2n) is 7.73. The fraction of sp³-hybridized carbons (Fsp3) is 0.391. The van der Waals surface area contributed by atoms with Crippen LogP contribution in [-0.2, 0) is 30.8 Å². The number of para-hydroxylation sites is 1. The van der Waals surface area contributed by atoms with E-state index in [1.54, 1.807) is 13.2 Å². The van der Waals surface area contributed by atoms with Crippen molar-refractivity contribution in [1.29, 1.82) is 0 Å². The molecule has 0 aliphatic carbocycles. The van der Waals surface area contributed by atoms with Crippen molar-refractivity contribution in [2.24, 2.45) is 0 Å². The molecule has 2 aromatic rings. The monoisotopic (exact) mass is 493 g/mol. The lowest BCUT2D eigenvalue weighted by Gasteiger charge is -2.34. The Morgan fingerprint density at radius 3 is 2.65 bits per heavy atom. The van der Waals surface area contributed by atoms with Crippen LogP contribution in [-0.4, -0.2) is 64.1 Å². The number of benzene rings is 2. The smallest absolute Gasteiger partial charge is 0.309 e. The SMILES string of the molecule is COc1ccccc1CCNC(=O)C(=O)NC[C@@H]1OCCCN1S(=O)(=O)c1ccc(F)c(C)c1. The first-order chi connectivity index (χ1) is 16.2. The van der Waals surface area contributed by atoms with Crippen LogP contribution in [0.15, 0.2) is 47.4 Å². The van der Waals surface area contributed by atoms with E-state index in [1.165, 1.54) is 19.1 Å². The third kappa shape index (κ3) is 6.10. The van der Waals surface area contributed by atoms with Crippen LogP contribution in [0.1, 0.15) is 17.5 Å². The van der Waals surface area contributed by atoms with Gasteiger partial charge in [-0.3, -0.25) is 9.59 Å². The Labute approximate surface area is 198 Å². The van der Waals surface area contributed by atoms with Crippen molar-refractivity contribution in [3.05, 3.63) is 59.4 Å². The van der Waals surface area contributed by atoms with E-state index < -0.39 is 33.9 Å². The number of carbonyl (C=O) groups excluding carboxylic acids is 2. The molecule has 0 bridgehead atoms. The van der Waals surface area contributed by atoms with Gasteiger partial charge in [-0.05, 0) is 55.2 Å². The number of hydrogen-bond acceptors (Lipinski definition) is 6. The van der Waals surface area contributed by atoms with E-state index in [9.17, 15) is 22.4 Å². The molecular weight excluding hydrogens is 465 g/mol. The van der Waals surface area contributed by atoms with Crippen LogP contribution in [0.3, 0.4) is 0 Å². The Bertz CT molecular complexity index is 1140. The molecule has 9 nitrogen and oxygen atoms in total. The summed E-state index contributed by atoms with van der Waals surface area (Å²) in [4.78, 5) is 24.3. The highest BCUT2D eigenvalue weighted by molar-refractivity contribution is 7.89.